The molecule has 0 spiro atoms. The van der Waals surface area contributed by atoms with Crippen LogP contribution in [0.5, 0.6) is 0 Å². The minimum absolute atomic E-state index is 0.745. The molecule has 5 unspecified atom stereocenters. The predicted molar refractivity (Wildman–Crippen MR) is 54.5 cm³/mol. The van der Waals surface area contributed by atoms with E-state index in [1.807, 2.05) is 0 Å². The fraction of sp³-hybridized carbons (Fsp3) is 1.00. The lowest BCUT2D eigenvalue weighted by molar-refractivity contribution is 0.423. The molecule has 3 fully saturated rings. The van der Waals surface area contributed by atoms with Gasteiger partial charge >= 0.3 is 0 Å². The van der Waals surface area contributed by atoms with Crippen LogP contribution in [-0.4, -0.2) is 12.1 Å². The van der Waals surface area contributed by atoms with Gasteiger partial charge in [0.15, 0.2) is 0 Å². The summed E-state index contributed by atoms with van der Waals surface area (Å²) < 4.78 is 0. The monoisotopic (exact) mass is 179 g/mol. The second kappa shape index (κ2) is 2.73. The molecule has 2 bridgehead atoms. The highest BCUT2D eigenvalue weighted by Crippen LogP contribution is 2.65. The third kappa shape index (κ3) is 1.09. The summed E-state index contributed by atoms with van der Waals surface area (Å²) in [5.74, 6) is 4.45. The predicted octanol–water partition coefficient (Wildman–Crippen LogP) is 2.42. The van der Waals surface area contributed by atoms with Crippen molar-refractivity contribution in [3.05, 3.63) is 0 Å². The first kappa shape index (κ1) is 8.28. The van der Waals surface area contributed by atoms with E-state index in [0.717, 1.165) is 35.8 Å². The van der Waals surface area contributed by atoms with E-state index in [1.165, 1.54) is 6.42 Å². The maximum Gasteiger partial charge on any atom is 0.0138 e. The van der Waals surface area contributed by atoms with E-state index in [2.05, 4.69) is 19.2 Å². The average molecular weight is 179 g/mol. The van der Waals surface area contributed by atoms with Crippen molar-refractivity contribution in [2.75, 3.05) is 0 Å². The zero-order valence-corrected chi connectivity index (χ0v) is 8.79. The highest BCUT2D eigenvalue weighted by atomic mass is 15.0. The van der Waals surface area contributed by atoms with Gasteiger partial charge in [0, 0.05) is 12.1 Å². The Morgan fingerprint density at radius 2 is 1.85 bits per heavy atom. The van der Waals surface area contributed by atoms with Crippen molar-refractivity contribution in [3.63, 3.8) is 0 Å². The van der Waals surface area contributed by atoms with Gasteiger partial charge in [-0.25, -0.2) is 0 Å². The molecule has 1 nitrogen and oxygen atoms in total. The molecule has 0 radical (unpaired) electrons. The van der Waals surface area contributed by atoms with Crippen molar-refractivity contribution in [2.45, 2.75) is 51.6 Å². The Kier molecular flexibility index (Phi) is 1.74. The van der Waals surface area contributed by atoms with Gasteiger partial charge < -0.3 is 5.32 Å². The van der Waals surface area contributed by atoms with Crippen molar-refractivity contribution in [2.24, 2.45) is 23.7 Å². The van der Waals surface area contributed by atoms with Crippen LogP contribution in [0.1, 0.15) is 39.5 Å². The molecule has 3 saturated carbocycles. The van der Waals surface area contributed by atoms with Crippen LogP contribution >= 0.6 is 0 Å². The number of fused-ring (bicyclic) bond motifs is 5. The molecule has 3 rings (SSSR count). The molecule has 5 atom stereocenters. The van der Waals surface area contributed by atoms with Crippen LogP contribution in [0.25, 0.3) is 0 Å². The van der Waals surface area contributed by atoms with Crippen molar-refractivity contribution in [1.82, 2.24) is 5.32 Å². The van der Waals surface area contributed by atoms with Crippen LogP contribution in [0.3, 0.4) is 0 Å². The van der Waals surface area contributed by atoms with Crippen LogP contribution in [0.15, 0.2) is 0 Å². The van der Waals surface area contributed by atoms with E-state index in [-0.39, 0.29) is 0 Å². The van der Waals surface area contributed by atoms with Gasteiger partial charge in [0.25, 0.3) is 0 Å². The molecule has 74 valence electrons. The lowest BCUT2D eigenvalue weighted by atomic mass is 10.0. The highest BCUT2D eigenvalue weighted by molar-refractivity contribution is 5.17. The largest absolute Gasteiger partial charge is 0.311 e. The molecule has 3 aliphatic rings. The van der Waals surface area contributed by atoms with E-state index in [0.29, 0.717) is 0 Å². The van der Waals surface area contributed by atoms with Gasteiger partial charge in [0.1, 0.15) is 0 Å². The summed E-state index contributed by atoms with van der Waals surface area (Å²) in [5.41, 5.74) is 0. The zero-order chi connectivity index (χ0) is 9.00. The van der Waals surface area contributed by atoms with Crippen LogP contribution < -0.4 is 5.32 Å². The van der Waals surface area contributed by atoms with Crippen molar-refractivity contribution in [3.8, 4) is 0 Å². The lowest BCUT2D eigenvalue weighted by Gasteiger charge is -2.15. The second-order valence-electron chi connectivity index (χ2n) is 5.49. The summed E-state index contributed by atoms with van der Waals surface area (Å²) in [6, 6.07) is 1.68. The van der Waals surface area contributed by atoms with Gasteiger partial charge in [-0.05, 0) is 56.3 Å². The average Bonchev–Trinajstić information content (AvgIpc) is 2.60. The van der Waals surface area contributed by atoms with Gasteiger partial charge in [0.2, 0.25) is 0 Å². The Hall–Kier alpha value is -0.0400. The molecule has 0 aromatic rings. The highest BCUT2D eigenvalue weighted by Gasteiger charge is 2.64. The fourth-order valence-corrected chi connectivity index (χ4v) is 3.99. The maximum absolute atomic E-state index is 3.81. The van der Waals surface area contributed by atoms with Crippen molar-refractivity contribution in [1.29, 1.82) is 0 Å². The lowest BCUT2D eigenvalue weighted by Crippen LogP contribution is -2.31. The van der Waals surface area contributed by atoms with Crippen LogP contribution in [0.4, 0.5) is 0 Å². The van der Waals surface area contributed by atoms with Gasteiger partial charge in [0.05, 0.1) is 0 Å². The summed E-state index contributed by atoms with van der Waals surface area (Å²) >= 11 is 0. The standard InChI is InChI=1S/C12H21N/c1-3-7(2)13-12-10-8-4-5-9(6-8)11(10)12/h7-13H,3-6H2,1-2H3. The fourth-order valence-electron chi connectivity index (χ4n) is 3.99. The van der Waals surface area contributed by atoms with Crippen molar-refractivity contribution >= 4 is 0 Å². The Balaban J connectivity index is 1.61. The smallest absolute Gasteiger partial charge is 0.0138 e. The molecule has 13 heavy (non-hydrogen) atoms. The van der Waals surface area contributed by atoms with Gasteiger partial charge in [-0.3, -0.25) is 0 Å². The summed E-state index contributed by atoms with van der Waals surface area (Å²) in [6.07, 6.45) is 5.95. The quantitative estimate of drug-likeness (QED) is 0.701. The first-order valence-electron chi connectivity index (χ1n) is 6.07. The molecule has 1 heteroatoms. The van der Waals surface area contributed by atoms with Crippen LogP contribution in [0.2, 0.25) is 0 Å². The molecule has 0 aromatic carbocycles. The SMILES string of the molecule is CCC(C)NC1C2C3CCC(C3)C12. The Morgan fingerprint density at radius 1 is 1.23 bits per heavy atom. The van der Waals surface area contributed by atoms with Gasteiger partial charge in [-0.1, -0.05) is 6.92 Å². The molecule has 3 aliphatic carbocycles. The first-order chi connectivity index (χ1) is 6.31. The normalized spacial score (nSPS) is 53.5. The number of hydrogen-bond donors (Lipinski definition) is 1. The Labute approximate surface area is 81.3 Å². The molecule has 0 aromatic heterocycles. The summed E-state index contributed by atoms with van der Waals surface area (Å²) in [7, 11) is 0. The summed E-state index contributed by atoms with van der Waals surface area (Å²) in [5, 5.41) is 3.81. The third-order valence-electron chi connectivity index (χ3n) is 4.82. The van der Waals surface area contributed by atoms with Crippen LogP contribution in [-0.2, 0) is 0 Å². The maximum atomic E-state index is 3.81. The number of rotatable bonds is 3. The minimum Gasteiger partial charge on any atom is -0.311 e. The summed E-state index contributed by atoms with van der Waals surface area (Å²) in [6.45, 7) is 4.61. The van der Waals surface area contributed by atoms with E-state index >= 15 is 0 Å². The molecule has 0 heterocycles. The van der Waals surface area contributed by atoms with E-state index < -0.39 is 0 Å². The minimum atomic E-state index is 0.745. The van der Waals surface area contributed by atoms with E-state index in [1.54, 1.807) is 19.3 Å². The molecule has 1 N–H and O–H groups in total. The summed E-state index contributed by atoms with van der Waals surface area (Å²) in [4.78, 5) is 0. The molecule has 0 amide bonds. The molecular weight excluding hydrogens is 158 g/mol. The van der Waals surface area contributed by atoms with Crippen molar-refractivity contribution < 1.29 is 0 Å². The van der Waals surface area contributed by atoms with Crippen LogP contribution in [0, 0.1) is 23.7 Å². The van der Waals surface area contributed by atoms with E-state index in [4.69, 9.17) is 0 Å². The number of hydrogen-bond acceptors (Lipinski definition) is 1. The third-order valence-corrected chi connectivity index (χ3v) is 4.82. The molecule has 0 saturated heterocycles. The van der Waals surface area contributed by atoms with Gasteiger partial charge in [-0.2, -0.15) is 0 Å². The molecular formula is C12H21N. The first-order valence-corrected chi connectivity index (χ1v) is 6.07. The van der Waals surface area contributed by atoms with Gasteiger partial charge in [-0.15, -0.1) is 0 Å². The zero-order valence-electron chi connectivity index (χ0n) is 8.79. The second-order valence-corrected chi connectivity index (χ2v) is 5.49. The molecule has 0 aliphatic heterocycles. The Bertz CT molecular complexity index is 197. The topological polar surface area (TPSA) is 12.0 Å². The van der Waals surface area contributed by atoms with E-state index in [9.17, 15) is 0 Å². The number of nitrogens with one attached hydrogen (secondary N) is 1. The Morgan fingerprint density at radius 3 is 2.38 bits per heavy atom.